The van der Waals surface area contributed by atoms with Gasteiger partial charge in [0.15, 0.2) is 5.96 Å². The second-order valence-corrected chi connectivity index (χ2v) is 6.86. The number of nitrogens with zero attached hydrogens (tertiary/aromatic N) is 3. The van der Waals surface area contributed by atoms with Crippen LogP contribution in [0.1, 0.15) is 18.4 Å². The fourth-order valence-corrected chi connectivity index (χ4v) is 3.13. The van der Waals surface area contributed by atoms with Crippen LogP contribution in [-0.2, 0) is 12.0 Å². The van der Waals surface area contributed by atoms with Gasteiger partial charge in [-0.15, -0.1) is 24.0 Å². The smallest absolute Gasteiger partial charge is 0.191 e. The molecule has 0 saturated heterocycles. The number of rotatable bonds is 6. The van der Waals surface area contributed by atoms with Crippen LogP contribution in [0.25, 0.3) is 0 Å². The highest BCUT2D eigenvalue weighted by Crippen LogP contribution is 2.48. The molecule has 1 aromatic heterocycles. The van der Waals surface area contributed by atoms with Crippen LogP contribution in [0.5, 0.6) is 0 Å². The number of aliphatic imine (C=N–C) groups is 1. The van der Waals surface area contributed by atoms with Crippen molar-refractivity contribution in [2.45, 2.75) is 24.8 Å². The lowest BCUT2D eigenvalue weighted by Crippen LogP contribution is -2.42. The Kier molecular flexibility index (Phi) is 7.09. The van der Waals surface area contributed by atoms with Gasteiger partial charge in [-0.1, -0.05) is 28.1 Å². The average molecular weight is 504 g/mol. The van der Waals surface area contributed by atoms with Gasteiger partial charge in [0.1, 0.15) is 0 Å². The highest BCUT2D eigenvalue weighted by atomic mass is 127. The lowest BCUT2D eigenvalue weighted by molar-refractivity contribution is 0.628. The number of guanidine groups is 1. The molecule has 1 fully saturated rings. The number of aromatic nitrogens is 2. The van der Waals surface area contributed by atoms with E-state index in [9.17, 15) is 0 Å². The Morgan fingerprint density at radius 1 is 1.38 bits per heavy atom. The quantitative estimate of drug-likeness (QED) is 0.361. The Bertz CT molecular complexity index is 667. The maximum atomic E-state index is 4.31. The molecular formula is C17H23BrIN5. The number of benzene rings is 1. The molecule has 1 aromatic carbocycles. The minimum Gasteiger partial charge on any atom is -0.356 e. The van der Waals surface area contributed by atoms with Crippen molar-refractivity contribution in [3.05, 3.63) is 53.0 Å². The van der Waals surface area contributed by atoms with Crippen molar-refractivity contribution in [3.8, 4) is 0 Å². The number of halogens is 2. The molecule has 1 heterocycles. The maximum Gasteiger partial charge on any atom is 0.191 e. The normalized spacial score (nSPS) is 15.5. The maximum absolute atomic E-state index is 4.31. The monoisotopic (exact) mass is 503 g/mol. The van der Waals surface area contributed by atoms with Crippen molar-refractivity contribution < 1.29 is 0 Å². The summed E-state index contributed by atoms with van der Waals surface area (Å²) in [5.41, 5.74) is 1.65. The Balaban J connectivity index is 0.00000208. The van der Waals surface area contributed by atoms with Crippen LogP contribution in [0.2, 0.25) is 0 Å². The molecule has 2 N–H and O–H groups in total. The van der Waals surface area contributed by atoms with Crippen LogP contribution in [0.4, 0.5) is 0 Å². The summed E-state index contributed by atoms with van der Waals surface area (Å²) in [6.45, 7) is 2.60. The fraction of sp³-hybridized carbons (Fsp3) is 0.412. The predicted octanol–water partition coefficient (Wildman–Crippen LogP) is 3.16. The van der Waals surface area contributed by atoms with E-state index < -0.39 is 0 Å². The van der Waals surface area contributed by atoms with Gasteiger partial charge in [0.2, 0.25) is 0 Å². The molecule has 0 aliphatic heterocycles. The summed E-state index contributed by atoms with van der Waals surface area (Å²) in [7, 11) is 1.81. The number of nitrogens with one attached hydrogen (secondary N) is 2. The Hall–Kier alpha value is -1.09. The standard InChI is InChI=1S/C17H22BrN5.HI/c1-19-16(21-8-10-23-9-7-20-13-23)22-12-17(5-6-17)14-3-2-4-15(18)11-14;/h2-4,7,9,11,13H,5-6,8,10,12H2,1H3,(H2,19,21,22);1H. The number of imidazole rings is 1. The lowest BCUT2D eigenvalue weighted by Gasteiger charge is -2.19. The molecule has 130 valence electrons. The second-order valence-electron chi connectivity index (χ2n) is 5.94. The Morgan fingerprint density at radius 2 is 2.21 bits per heavy atom. The zero-order valence-electron chi connectivity index (χ0n) is 13.7. The molecule has 0 unspecified atom stereocenters. The molecule has 0 radical (unpaired) electrons. The minimum absolute atomic E-state index is 0. The molecule has 5 nitrogen and oxygen atoms in total. The van der Waals surface area contributed by atoms with Crippen molar-refractivity contribution in [2.24, 2.45) is 4.99 Å². The highest BCUT2D eigenvalue weighted by molar-refractivity contribution is 14.0. The van der Waals surface area contributed by atoms with Crippen LogP contribution in [-0.4, -0.2) is 35.6 Å². The van der Waals surface area contributed by atoms with Crippen LogP contribution in [0, 0.1) is 0 Å². The van der Waals surface area contributed by atoms with E-state index >= 15 is 0 Å². The summed E-state index contributed by atoms with van der Waals surface area (Å²) >= 11 is 3.57. The summed E-state index contributed by atoms with van der Waals surface area (Å²) in [6, 6.07) is 8.62. The third-order valence-corrected chi connectivity index (χ3v) is 4.82. The van der Waals surface area contributed by atoms with E-state index in [0.717, 1.165) is 30.1 Å². The largest absolute Gasteiger partial charge is 0.356 e. The van der Waals surface area contributed by atoms with Gasteiger partial charge in [-0.3, -0.25) is 4.99 Å². The van der Waals surface area contributed by atoms with E-state index in [1.165, 1.54) is 18.4 Å². The van der Waals surface area contributed by atoms with Crippen molar-refractivity contribution >= 4 is 45.9 Å². The Labute approximate surface area is 168 Å². The first-order valence-electron chi connectivity index (χ1n) is 7.88. The van der Waals surface area contributed by atoms with E-state index in [1.807, 2.05) is 24.1 Å². The summed E-state index contributed by atoms with van der Waals surface area (Å²) in [5, 5.41) is 6.82. The zero-order valence-corrected chi connectivity index (χ0v) is 17.6. The Morgan fingerprint density at radius 3 is 2.83 bits per heavy atom. The molecular weight excluding hydrogens is 481 g/mol. The third-order valence-electron chi connectivity index (χ3n) is 4.33. The second kappa shape index (κ2) is 8.84. The molecule has 1 aliphatic carbocycles. The van der Waals surface area contributed by atoms with Crippen LogP contribution in [0.15, 0.2) is 52.5 Å². The predicted molar refractivity (Wildman–Crippen MR) is 112 cm³/mol. The van der Waals surface area contributed by atoms with Gasteiger partial charge in [0.25, 0.3) is 0 Å². The molecule has 0 spiro atoms. The van der Waals surface area contributed by atoms with Crippen molar-refractivity contribution in [2.75, 3.05) is 20.1 Å². The summed E-state index contributed by atoms with van der Waals surface area (Å²) in [5.74, 6) is 0.853. The summed E-state index contributed by atoms with van der Waals surface area (Å²) in [6.07, 6.45) is 8.03. The molecule has 0 bridgehead atoms. The van der Waals surface area contributed by atoms with Gasteiger partial charge in [-0.2, -0.15) is 0 Å². The van der Waals surface area contributed by atoms with Crippen LogP contribution in [0.3, 0.4) is 0 Å². The van der Waals surface area contributed by atoms with Gasteiger partial charge in [-0.25, -0.2) is 4.98 Å². The highest BCUT2D eigenvalue weighted by Gasteiger charge is 2.44. The third kappa shape index (κ3) is 4.95. The van der Waals surface area contributed by atoms with Crippen molar-refractivity contribution in [1.82, 2.24) is 20.2 Å². The van der Waals surface area contributed by atoms with Crippen molar-refractivity contribution in [3.63, 3.8) is 0 Å². The van der Waals surface area contributed by atoms with Gasteiger partial charge < -0.3 is 15.2 Å². The van der Waals surface area contributed by atoms with E-state index in [0.29, 0.717) is 0 Å². The van der Waals surface area contributed by atoms with Gasteiger partial charge in [0, 0.05) is 49.0 Å². The van der Waals surface area contributed by atoms with E-state index in [2.05, 4.69) is 60.8 Å². The first kappa shape index (κ1) is 19.2. The average Bonchev–Trinajstić information content (AvgIpc) is 3.18. The fourth-order valence-electron chi connectivity index (χ4n) is 2.73. The van der Waals surface area contributed by atoms with Gasteiger partial charge in [-0.05, 0) is 30.5 Å². The molecule has 3 rings (SSSR count). The molecule has 0 atom stereocenters. The number of hydrogen-bond acceptors (Lipinski definition) is 2. The first-order chi connectivity index (χ1) is 11.2. The van der Waals surface area contributed by atoms with Crippen LogP contribution >= 0.6 is 39.9 Å². The van der Waals surface area contributed by atoms with Crippen LogP contribution < -0.4 is 10.6 Å². The van der Waals surface area contributed by atoms with E-state index in [-0.39, 0.29) is 29.4 Å². The zero-order chi connectivity index (χ0) is 16.1. The van der Waals surface area contributed by atoms with E-state index in [1.54, 1.807) is 6.20 Å². The molecule has 1 saturated carbocycles. The molecule has 1 aliphatic rings. The molecule has 2 aromatic rings. The summed E-state index contributed by atoms with van der Waals surface area (Å²) in [4.78, 5) is 8.35. The lowest BCUT2D eigenvalue weighted by atomic mass is 9.96. The molecule has 0 amide bonds. The molecule has 7 heteroatoms. The number of hydrogen-bond donors (Lipinski definition) is 2. The SMILES string of the molecule is CN=C(NCCn1ccnc1)NCC1(c2cccc(Br)c2)CC1.I. The van der Waals surface area contributed by atoms with Gasteiger partial charge in [0.05, 0.1) is 6.33 Å². The summed E-state index contributed by atoms with van der Waals surface area (Å²) < 4.78 is 3.19. The molecule has 24 heavy (non-hydrogen) atoms. The van der Waals surface area contributed by atoms with Crippen molar-refractivity contribution in [1.29, 1.82) is 0 Å². The topological polar surface area (TPSA) is 54.2 Å². The van der Waals surface area contributed by atoms with E-state index in [4.69, 9.17) is 0 Å². The van der Waals surface area contributed by atoms with Gasteiger partial charge >= 0.3 is 0 Å². The first-order valence-corrected chi connectivity index (χ1v) is 8.67. The minimum atomic E-state index is 0.